The average molecular weight is 232 g/mol. The maximum Gasteiger partial charge on any atom is 0.261 e. The maximum absolute atomic E-state index is 11.7. The number of nitriles is 1. The fourth-order valence-electron chi connectivity index (χ4n) is 1.46. The first-order chi connectivity index (χ1) is 7.58. The van der Waals surface area contributed by atoms with Gasteiger partial charge in [-0.05, 0) is 19.3 Å². The molecule has 0 radical (unpaired) electrons. The van der Waals surface area contributed by atoms with Gasteiger partial charge in [-0.25, -0.2) is 8.78 Å². The molecule has 1 amide bonds. The number of carbonyl (C=O) groups excluding carboxylic acids is 1. The Balaban J connectivity index is 2.14. The molecule has 0 aromatic heterocycles. The standard InChI is InChI=1S/C10H14F2N2O2/c11-8(12)6-16-5-2-9(15)14-10(7-13)3-1-4-10/h8H,1-6H2,(H,14,15). The van der Waals surface area contributed by atoms with E-state index in [0.29, 0.717) is 12.8 Å². The minimum Gasteiger partial charge on any atom is -0.375 e. The second-order valence-electron chi connectivity index (χ2n) is 3.81. The van der Waals surface area contributed by atoms with Crippen LogP contribution in [0.1, 0.15) is 25.7 Å². The van der Waals surface area contributed by atoms with E-state index in [9.17, 15) is 13.6 Å². The molecule has 4 nitrogen and oxygen atoms in total. The number of amides is 1. The minimum atomic E-state index is -2.51. The van der Waals surface area contributed by atoms with Crippen molar-refractivity contribution >= 4 is 5.91 Å². The van der Waals surface area contributed by atoms with Crippen LogP contribution in [0.25, 0.3) is 0 Å². The van der Waals surface area contributed by atoms with Gasteiger partial charge >= 0.3 is 0 Å². The lowest BCUT2D eigenvalue weighted by atomic mass is 9.78. The summed E-state index contributed by atoms with van der Waals surface area (Å²) in [4.78, 5) is 11.3. The highest BCUT2D eigenvalue weighted by Gasteiger charge is 2.38. The topological polar surface area (TPSA) is 62.1 Å². The van der Waals surface area contributed by atoms with E-state index in [1.54, 1.807) is 0 Å². The molecule has 0 bridgehead atoms. The molecule has 0 heterocycles. The van der Waals surface area contributed by atoms with Gasteiger partial charge in [-0.3, -0.25) is 4.79 Å². The number of alkyl halides is 2. The first-order valence-corrected chi connectivity index (χ1v) is 5.16. The summed E-state index contributed by atoms with van der Waals surface area (Å²) in [5.74, 6) is -0.324. The van der Waals surface area contributed by atoms with Crippen LogP contribution < -0.4 is 5.32 Å². The van der Waals surface area contributed by atoms with E-state index in [1.165, 1.54) is 0 Å². The van der Waals surface area contributed by atoms with Crippen LogP contribution in [0.3, 0.4) is 0 Å². The van der Waals surface area contributed by atoms with Crippen molar-refractivity contribution in [3.05, 3.63) is 0 Å². The van der Waals surface area contributed by atoms with Crippen molar-refractivity contribution in [1.82, 2.24) is 5.32 Å². The fourth-order valence-corrected chi connectivity index (χ4v) is 1.46. The third kappa shape index (κ3) is 3.74. The lowest BCUT2D eigenvalue weighted by Gasteiger charge is -2.35. The Morgan fingerprint density at radius 1 is 1.56 bits per heavy atom. The van der Waals surface area contributed by atoms with Crippen LogP contribution in [0.2, 0.25) is 0 Å². The van der Waals surface area contributed by atoms with Crippen LogP contribution >= 0.6 is 0 Å². The van der Waals surface area contributed by atoms with Gasteiger partial charge in [-0.15, -0.1) is 0 Å². The first kappa shape index (κ1) is 12.8. The molecular formula is C10H14F2N2O2. The highest BCUT2D eigenvalue weighted by Crippen LogP contribution is 2.30. The van der Waals surface area contributed by atoms with E-state index in [1.807, 2.05) is 0 Å². The van der Waals surface area contributed by atoms with Crippen LogP contribution in [-0.2, 0) is 9.53 Å². The number of hydrogen-bond donors (Lipinski definition) is 1. The van der Waals surface area contributed by atoms with Gasteiger partial charge in [0.1, 0.15) is 12.1 Å². The molecule has 1 N–H and O–H groups in total. The summed E-state index contributed by atoms with van der Waals surface area (Å²) in [6.07, 6.45) is -0.258. The highest BCUT2D eigenvalue weighted by molar-refractivity contribution is 5.77. The van der Waals surface area contributed by atoms with Gasteiger partial charge in [-0.2, -0.15) is 5.26 Å². The third-order valence-corrected chi connectivity index (χ3v) is 2.52. The predicted octanol–water partition coefficient (Wildman–Crippen LogP) is 1.22. The SMILES string of the molecule is N#CC1(NC(=O)CCOCC(F)F)CCC1. The van der Waals surface area contributed by atoms with Crippen LogP contribution in [0.4, 0.5) is 8.78 Å². The molecule has 0 unspecified atom stereocenters. The summed E-state index contributed by atoms with van der Waals surface area (Å²) in [5, 5.41) is 11.4. The second-order valence-corrected chi connectivity index (χ2v) is 3.81. The molecule has 0 aliphatic heterocycles. The number of hydrogen-bond acceptors (Lipinski definition) is 3. The van der Waals surface area contributed by atoms with Crippen LogP contribution in [-0.4, -0.2) is 31.1 Å². The zero-order valence-electron chi connectivity index (χ0n) is 8.84. The van der Waals surface area contributed by atoms with Gasteiger partial charge in [-0.1, -0.05) is 0 Å². The number of rotatable bonds is 6. The molecule has 0 spiro atoms. The van der Waals surface area contributed by atoms with Crippen molar-refractivity contribution in [3.63, 3.8) is 0 Å². The second kappa shape index (κ2) is 5.75. The van der Waals surface area contributed by atoms with Gasteiger partial charge in [0.25, 0.3) is 6.43 Å². The minimum absolute atomic E-state index is 0.0101. The molecule has 0 aromatic carbocycles. The van der Waals surface area contributed by atoms with E-state index >= 15 is 0 Å². The molecule has 90 valence electrons. The third-order valence-electron chi connectivity index (χ3n) is 2.52. The summed E-state index contributed by atoms with van der Waals surface area (Å²) in [7, 11) is 0. The molecule has 0 saturated heterocycles. The molecule has 1 rings (SSSR count). The zero-order chi connectivity index (χ0) is 12.0. The smallest absolute Gasteiger partial charge is 0.261 e. The molecule has 1 aliphatic rings. The van der Waals surface area contributed by atoms with Gasteiger partial charge in [0, 0.05) is 0 Å². The van der Waals surface area contributed by atoms with E-state index in [-0.39, 0.29) is 18.9 Å². The Kier molecular flexibility index (Phi) is 4.62. The van der Waals surface area contributed by atoms with Crippen molar-refractivity contribution in [1.29, 1.82) is 5.26 Å². The van der Waals surface area contributed by atoms with Crippen LogP contribution in [0.5, 0.6) is 0 Å². The number of nitrogens with zero attached hydrogens (tertiary/aromatic N) is 1. The lowest BCUT2D eigenvalue weighted by Crippen LogP contribution is -2.52. The maximum atomic E-state index is 11.7. The summed E-state index contributed by atoms with van der Waals surface area (Å²) in [6, 6.07) is 2.06. The predicted molar refractivity (Wildman–Crippen MR) is 51.8 cm³/mol. The molecule has 16 heavy (non-hydrogen) atoms. The molecular weight excluding hydrogens is 218 g/mol. The van der Waals surface area contributed by atoms with Crippen molar-refractivity contribution in [2.24, 2.45) is 0 Å². The Hall–Kier alpha value is -1.22. The van der Waals surface area contributed by atoms with E-state index in [4.69, 9.17) is 5.26 Å². The molecule has 1 saturated carbocycles. The van der Waals surface area contributed by atoms with E-state index < -0.39 is 18.6 Å². The molecule has 0 aromatic rings. The van der Waals surface area contributed by atoms with E-state index in [0.717, 1.165) is 6.42 Å². The normalized spacial score (nSPS) is 17.6. The Morgan fingerprint density at radius 2 is 2.25 bits per heavy atom. The van der Waals surface area contributed by atoms with Crippen molar-refractivity contribution in [2.45, 2.75) is 37.6 Å². The van der Waals surface area contributed by atoms with Gasteiger partial charge < -0.3 is 10.1 Å². The average Bonchev–Trinajstić information content (AvgIpc) is 2.18. The molecule has 0 atom stereocenters. The number of ether oxygens (including phenoxy) is 1. The van der Waals surface area contributed by atoms with Gasteiger partial charge in [0.15, 0.2) is 0 Å². The van der Waals surface area contributed by atoms with Crippen molar-refractivity contribution < 1.29 is 18.3 Å². The van der Waals surface area contributed by atoms with Crippen LogP contribution in [0, 0.1) is 11.3 Å². The lowest BCUT2D eigenvalue weighted by molar-refractivity contribution is -0.124. The van der Waals surface area contributed by atoms with Crippen molar-refractivity contribution in [2.75, 3.05) is 13.2 Å². The van der Waals surface area contributed by atoms with Crippen molar-refractivity contribution in [3.8, 4) is 6.07 Å². The summed E-state index contributed by atoms with van der Waals surface area (Å²) in [6.45, 7) is -0.700. The number of carbonyl (C=O) groups is 1. The van der Waals surface area contributed by atoms with Gasteiger partial charge in [0.05, 0.1) is 19.1 Å². The molecule has 1 aliphatic carbocycles. The summed E-state index contributed by atoms with van der Waals surface area (Å²) >= 11 is 0. The van der Waals surface area contributed by atoms with E-state index in [2.05, 4.69) is 16.1 Å². The highest BCUT2D eigenvalue weighted by atomic mass is 19.3. The quantitative estimate of drug-likeness (QED) is 0.700. The summed E-state index contributed by atoms with van der Waals surface area (Å²) < 4.78 is 27.9. The number of halogens is 2. The summed E-state index contributed by atoms with van der Waals surface area (Å²) in [5.41, 5.74) is -0.722. The largest absolute Gasteiger partial charge is 0.375 e. The van der Waals surface area contributed by atoms with Crippen LogP contribution in [0.15, 0.2) is 0 Å². The molecule has 1 fully saturated rings. The molecule has 6 heteroatoms. The zero-order valence-corrected chi connectivity index (χ0v) is 8.84. The fraction of sp³-hybridized carbons (Fsp3) is 0.800. The monoisotopic (exact) mass is 232 g/mol. The Morgan fingerprint density at radius 3 is 2.69 bits per heavy atom. The Bertz CT molecular complexity index is 285. The Labute approximate surface area is 92.6 Å². The first-order valence-electron chi connectivity index (χ1n) is 5.16. The van der Waals surface area contributed by atoms with Gasteiger partial charge in [0.2, 0.25) is 5.91 Å². The number of nitrogens with one attached hydrogen (secondary N) is 1.